The summed E-state index contributed by atoms with van der Waals surface area (Å²) in [4.78, 5) is 21.6. The maximum Gasteiger partial charge on any atom is 0.320 e. The molecule has 0 rings (SSSR count). The van der Waals surface area contributed by atoms with Gasteiger partial charge in [0.1, 0.15) is 0 Å². The molecular weight excluding hydrogens is 172 g/mol. The number of rotatable bonds is 6. The molecule has 1 unspecified atom stereocenters. The number of carbonyl (C=O) groups is 2. The zero-order chi connectivity index (χ0) is 10.3. The van der Waals surface area contributed by atoms with Gasteiger partial charge in [0.2, 0.25) is 0 Å². The van der Waals surface area contributed by atoms with Crippen LogP contribution in [-0.2, 0) is 14.3 Å². The Bertz CT molecular complexity index is 176. The number of esters is 1. The first kappa shape index (κ1) is 11.9. The average molecular weight is 188 g/mol. The van der Waals surface area contributed by atoms with E-state index < -0.39 is 17.9 Å². The van der Waals surface area contributed by atoms with E-state index in [2.05, 4.69) is 0 Å². The Labute approximate surface area is 77.9 Å². The first-order valence-electron chi connectivity index (χ1n) is 4.52. The predicted molar refractivity (Wildman–Crippen MR) is 47.3 cm³/mol. The van der Waals surface area contributed by atoms with Crippen LogP contribution in [0.1, 0.15) is 33.1 Å². The number of ether oxygens (including phenoxy) is 1. The summed E-state index contributed by atoms with van der Waals surface area (Å²) < 4.78 is 4.78. The second-order valence-electron chi connectivity index (χ2n) is 2.82. The molecule has 4 nitrogen and oxygen atoms in total. The predicted octanol–water partition coefficient (Wildman–Crippen LogP) is 1.44. The van der Waals surface area contributed by atoms with Crippen molar-refractivity contribution < 1.29 is 19.4 Å². The summed E-state index contributed by atoms with van der Waals surface area (Å²) in [5.41, 5.74) is 0. The van der Waals surface area contributed by atoms with E-state index in [1.165, 1.54) is 0 Å². The van der Waals surface area contributed by atoms with Crippen molar-refractivity contribution in [3.8, 4) is 0 Å². The minimum absolute atomic E-state index is 0.278. The molecule has 0 radical (unpaired) electrons. The minimum Gasteiger partial charge on any atom is -0.481 e. The summed E-state index contributed by atoms with van der Waals surface area (Å²) in [6.07, 6.45) is 1.99. The average Bonchev–Trinajstić information content (AvgIpc) is 2.05. The summed E-state index contributed by atoms with van der Waals surface area (Å²) in [6.45, 7) is 3.95. The molecule has 76 valence electrons. The van der Waals surface area contributed by atoms with Gasteiger partial charge >= 0.3 is 11.9 Å². The van der Waals surface area contributed by atoms with Crippen molar-refractivity contribution in [1.29, 1.82) is 0 Å². The highest BCUT2D eigenvalue weighted by molar-refractivity contribution is 5.93. The lowest BCUT2D eigenvalue weighted by molar-refractivity contribution is -0.158. The van der Waals surface area contributed by atoms with Crippen LogP contribution < -0.4 is 0 Å². The second-order valence-corrected chi connectivity index (χ2v) is 2.82. The summed E-state index contributed by atoms with van der Waals surface area (Å²) in [6, 6.07) is 0. The molecule has 0 spiro atoms. The van der Waals surface area contributed by atoms with Gasteiger partial charge in [0, 0.05) is 0 Å². The van der Waals surface area contributed by atoms with Crippen molar-refractivity contribution >= 4 is 11.9 Å². The summed E-state index contributed by atoms with van der Waals surface area (Å²) in [5, 5.41) is 8.60. The molecule has 1 N–H and O–H groups in total. The highest BCUT2D eigenvalue weighted by atomic mass is 16.5. The summed E-state index contributed by atoms with van der Waals surface area (Å²) in [7, 11) is 0. The Morgan fingerprint density at radius 3 is 2.38 bits per heavy atom. The second kappa shape index (κ2) is 6.46. The maximum atomic E-state index is 11.1. The van der Waals surface area contributed by atoms with Crippen LogP contribution >= 0.6 is 0 Å². The lowest BCUT2D eigenvalue weighted by atomic mass is 10.1. The van der Waals surface area contributed by atoms with Gasteiger partial charge in [-0.1, -0.05) is 20.3 Å². The largest absolute Gasteiger partial charge is 0.481 e. The van der Waals surface area contributed by atoms with E-state index in [0.29, 0.717) is 6.61 Å². The van der Waals surface area contributed by atoms with Crippen LogP contribution in [0.3, 0.4) is 0 Å². The molecule has 0 aromatic carbocycles. The summed E-state index contributed by atoms with van der Waals surface area (Å²) in [5.74, 6) is -2.73. The zero-order valence-electron chi connectivity index (χ0n) is 8.08. The lowest BCUT2D eigenvalue weighted by Crippen LogP contribution is -2.25. The van der Waals surface area contributed by atoms with Gasteiger partial charge in [-0.15, -0.1) is 0 Å². The molecule has 0 aromatic rings. The third-order valence-corrected chi connectivity index (χ3v) is 1.73. The van der Waals surface area contributed by atoms with Gasteiger partial charge < -0.3 is 9.84 Å². The van der Waals surface area contributed by atoms with Crippen LogP contribution in [-0.4, -0.2) is 23.7 Å². The van der Waals surface area contributed by atoms with Gasteiger partial charge in [0.25, 0.3) is 0 Å². The first-order valence-corrected chi connectivity index (χ1v) is 4.52. The van der Waals surface area contributed by atoms with Gasteiger partial charge in [0.15, 0.2) is 5.92 Å². The molecule has 0 amide bonds. The van der Waals surface area contributed by atoms with Crippen LogP contribution in [0.15, 0.2) is 0 Å². The molecule has 1 atom stereocenters. The maximum absolute atomic E-state index is 11.1. The van der Waals surface area contributed by atoms with E-state index in [1.54, 1.807) is 6.92 Å². The van der Waals surface area contributed by atoms with E-state index >= 15 is 0 Å². The van der Waals surface area contributed by atoms with Crippen LogP contribution in [0.25, 0.3) is 0 Å². The molecular formula is C9H16O4. The van der Waals surface area contributed by atoms with Crippen molar-refractivity contribution in [3.63, 3.8) is 0 Å². The summed E-state index contributed by atoms with van der Waals surface area (Å²) >= 11 is 0. The molecule has 0 aliphatic heterocycles. The molecule has 0 aromatic heterocycles. The Kier molecular flexibility index (Phi) is 5.93. The number of carboxylic acid groups (broad SMARTS) is 1. The van der Waals surface area contributed by atoms with Gasteiger partial charge in [-0.25, -0.2) is 0 Å². The Morgan fingerprint density at radius 2 is 2.00 bits per heavy atom. The quantitative estimate of drug-likeness (QED) is 0.389. The first-order chi connectivity index (χ1) is 6.13. The van der Waals surface area contributed by atoms with Crippen LogP contribution in [0, 0.1) is 5.92 Å². The standard InChI is InChI=1S/C9H16O4/c1-3-5-6-13-9(12)7(4-2)8(10)11/h7H,3-6H2,1-2H3,(H,10,11). The lowest BCUT2D eigenvalue weighted by Gasteiger charge is -2.08. The van der Waals surface area contributed by atoms with E-state index in [-0.39, 0.29) is 6.42 Å². The zero-order valence-corrected chi connectivity index (χ0v) is 8.08. The van der Waals surface area contributed by atoms with Gasteiger partial charge in [-0.3, -0.25) is 9.59 Å². The van der Waals surface area contributed by atoms with Gasteiger partial charge in [-0.2, -0.15) is 0 Å². The fraction of sp³-hybridized carbons (Fsp3) is 0.778. The van der Waals surface area contributed by atoms with Crippen LogP contribution in [0.4, 0.5) is 0 Å². The number of carboxylic acids is 1. The smallest absolute Gasteiger partial charge is 0.320 e. The van der Waals surface area contributed by atoms with Crippen molar-refractivity contribution in [3.05, 3.63) is 0 Å². The van der Waals surface area contributed by atoms with Crippen LogP contribution in [0.2, 0.25) is 0 Å². The minimum atomic E-state index is -1.11. The fourth-order valence-electron chi connectivity index (χ4n) is 0.860. The third-order valence-electron chi connectivity index (χ3n) is 1.73. The van der Waals surface area contributed by atoms with E-state index in [0.717, 1.165) is 12.8 Å². The number of aliphatic carboxylic acids is 1. The third kappa shape index (κ3) is 4.50. The monoisotopic (exact) mass is 188 g/mol. The van der Waals surface area contributed by atoms with Crippen LogP contribution in [0.5, 0.6) is 0 Å². The highest BCUT2D eigenvalue weighted by Crippen LogP contribution is 2.05. The Balaban J connectivity index is 3.85. The van der Waals surface area contributed by atoms with Gasteiger partial charge in [0.05, 0.1) is 6.61 Å². The molecule has 0 saturated carbocycles. The van der Waals surface area contributed by atoms with Crippen molar-refractivity contribution in [2.45, 2.75) is 33.1 Å². The number of hydrogen-bond acceptors (Lipinski definition) is 3. The number of unbranched alkanes of at least 4 members (excludes halogenated alkanes) is 1. The van der Waals surface area contributed by atoms with Crippen molar-refractivity contribution in [1.82, 2.24) is 0 Å². The van der Waals surface area contributed by atoms with E-state index in [4.69, 9.17) is 9.84 Å². The SMILES string of the molecule is CCCCOC(=O)C(CC)C(=O)O. The molecule has 4 heteroatoms. The molecule has 0 fully saturated rings. The molecule has 0 heterocycles. The highest BCUT2D eigenvalue weighted by Gasteiger charge is 2.25. The fourth-order valence-corrected chi connectivity index (χ4v) is 0.860. The van der Waals surface area contributed by atoms with E-state index in [1.807, 2.05) is 6.92 Å². The molecule has 0 saturated heterocycles. The Morgan fingerprint density at radius 1 is 1.38 bits per heavy atom. The normalized spacial score (nSPS) is 12.2. The Hall–Kier alpha value is -1.06. The topological polar surface area (TPSA) is 63.6 Å². The number of hydrogen-bond donors (Lipinski definition) is 1. The molecule has 0 aliphatic carbocycles. The van der Waals surface area contributed by atoms with E-state index in [9.17, 15) is 9.59 Å². The molecule has 0 aliphatic rings. The van der Waals surface area contributed by atoms with Crippen molar-refractivity contribution in [2.75, 3.05) is 6.61 Å². The molecule has 13 heavy (non-hydrogen) atoms. The number of carbonyl (C=O) groups excluding carboxylic acids is 1. The van der Waals surface area contributed by atoms with Crippen molar-refractivity contribution in [2.24, 2.45) is 5.92 Å². The molecule has 0 bridgehead atoms. The van der Waals surface area contributed by atoms with Gasteiger partial charge in [-0.05, 0) is 12.8 Å².